The van der Waals surface area contributed by atoms with E-state index in [2.05, 4.69) is 119 Å². The first-order valence-corrected chi connectivity index (χ1v) is 13.6. The quantitative estimate of drug-likeness (QED) is 0.221. The third kappa shape index (κ3) is 4.24. The molecule has 2 aliphatic heterocycles. The molecule has 7 rings (SSSR count). The normalized spacial score (nSPS) is 14.0. The minimum Gasteiger partial charge on any atom is -0.198 e. The van der Waals surface area contributed by atoms with Gasteiger partial charge in [0.05, 0.1) is 16.5 Å². The van der Waals surface area contributed by atoms with E-state index in [9.17, 15) is 0 Å². The van der Waals surface area contributed by atoms with E-state index in [4.69, 9.17) is 0 Å². The lowest BCUT2D eigenvalue weighted by atomic mass is 9.87. The third-order valence-electron chi connectivity index (χ3n) is 8.10. The van der Waals surface area contributed by atoms with Crippen LogP contribution >= 0.6 is 0 Å². The zero-order valence-electron chi connectivity index (χ0n) is 21.5. The summed E-state index contributed by atoms with van der Waals surface area (Å²) in [5.41, 5.74) is 12.3. The molecule has 2 aromatic heterocycles. The van der Waals surface area contributed by atoms with Crippen LogP contribution in [0.3, 0.4) is 0 Å². The zero-order valence-corrected chi connectivity index (χ0v) is 21.5. The fourth-order valence-electron chi connectivity index (χ4n) is 6.20. The van der Waals surface area contributed by atoms with Crippen molar-refractivity contribution < 1.29 is 9.13 Å². The van der Waals surface area contributed by atoms with Crippen molar-refractivity contribution in [3.05, 3.63) is 119 Å². The predicted octanol–water partition coefficient (Wildman–Crippen LogP) is 7.76. The molecule has 0 unspecified atom stereocenters. The zero-order chi connectivity index (χ0) is 24.8. The minimum atomic E-state index is 0. The number of rotatable bonds is 2. The van der Waals surface area contributed by atoms with Gasteiger partial charge in [-0.05, 0) is 53.5 Å². The van der Waals surface area contributed by atoms with E-state index in [0.717, 1.165) is 32.4 Å². The van der Waals surface area contributed by atoms with Crippen molar-refractivity contribution in [2.75, 3.05) is 0 Å². The van der Waals surface area contributed by atoms with Crippen LogP contribution in [0.4, 0.5) is 0 Å². The van der Waals surface area contributed by atoms with Crippen LogP contribution in [-0.4, -0.2) is 0 Å². The molecule has 0 atom stereocenters. The monoisotopic (exact) mass is 496 g/mol. The lowest BCUT2D eigenvalue weighted by molar-refractivity contribution is -0.686. The van der Waals surface area contributed by atoms with Crippen molar-refractivity contribution in [1.29, 1.82) is 0 Å². The number of fused-ring (bicyclic) bond motifs is 9. The molecule has 0 aliphatic carbocycles. The molecule has 0 N–H and O–H groups in total. The Morgan fingerprint density at radius 2 is 1.34 bits per heavy atom. The summed E-state index contributed by atoms with van der Waals surface area (Å²) in [4.78, 5) is 0. The Bertz CT molecular complexity index is 1670. The van der Waals surface area contributed by atoms with Crippen LogP contribution < -0.4 is 9.13 Å². The first-order chi connectivity index (χ1) is 18.2. The number of aryl methyl sites for hydroxylation is 5. The van der Waals surface area contributed by atoms with E-state index in [0.29, 0.717) is 0 Å². The number of aromatic nitrogens is 2. The van der Waals surface area contributed by atoms with Gasteiger partial charge in [0.15, 0.2) is 12.4 Å². The largest absolute Gasteiger partial charge is 0.221 e. The van der Waals surface area contributed by atoms with Gasteiger partial charge in [0.25, 0.3) is 0 Å². The molecular formula is C36H36N2+2. The maximum atomic E-state index is 2.50. The molecule has 3 aromatic carbocycles. The van der Waals surface area contributed by atoms with Gasteiger partial charge >= 0.3 is 0 Å². The highest BCUT2D eigenvalue weighted by Gasteiger charge is 2.32. The van der Waals surface area contributed by atoms with Crippen LogP contribution in [0.15, 0.2) is 91.3 Å². The Kier molecular flexibility index (Phi) is 6.41. The van der Waals surface area contributed by atoms with Crippen molar-refractivity contribution >= 4 is 22.9 Å². The van der Waals surface area contributed by atoms with E-state index in [-0.39, 0.29) is 7.43 Å². The SMILES string of the molecule is C.Cc1ccc(/C=C/c2cc[n+]3c(c2)-c2c(ccc4c2-c2c5ccccc5cc[n+]2CCC4)CCC3)cc1. The third-order valence-corrected chi connectivity index (χ3v) is 8.10. The average Bonchev–Trinajstić information content (AvgIpc) is 3.24. The van der Waals surface area contributed by atoms with Gasteiger partial charge in [0.2, 0.25) is 11.4 Å². The van der Waals surface area contributed by atoms with Gasteiger partial charge in [-0.3, -0.25) is 0 Å². The van der Waals surface area contributed by atoms with Gasteiger partial charge < -0.3 is 0 Å². The lowest BCUT2D eigenvalue weighted by Crippen LogP contribution is -2.36. The maximum Gasteiger partial charge on any atom is 0.221 e. The standard InChI is InChI=1S/C35H32N2.CH4/c1-25-10-12-26(13-11-25)14-15-27-18-22-36-20-4-7-29-16-17-30-8-5-21-37-23-19-28-6-2-3-9-31(28)35(37)34(30)33(29)32(36)24-27;/h2-3,6,9-19,22-24H,4-5,7-8,20-21H2,1H3;1H4/q+2;/b15-14+;. The van der Waals surface area contributed by atoms with Crippen LogP contribution in [0, 0.1) is 6.92 Å². The summed E-state index contributed by atoms with van der Waals surface area (Å²) in [6, 6.07) is 29.4. The second-order valence-corrected chi connectivity index (χ2v) is 10.6. The topological polar surface area (TPSA) is 7.76 Å². The number of nitrogens with zero attached hydrogens (tertiary/aromatic N) is 2. The molecular weight excluding hydrogens is 460 g/mol. The summed E-state index contributed by atoms with van der Waals surface area (Å²) < 4.78 is 4.99. The molecule has 5 aromatic rings. The molecule has 0 radical (unpaired) electrons. The molecule has 0 saturated carbocycles. The molecule has 2 nitrogen and oxygen atoms in total. The molecule has 188 valence electrons. The van der Waals surface area contributed by atoms with Crippen LogP contribution in [0.5, 0.6) is 0 Å². The van der Waals surface area contributed by atoms with Gasteiger partial charge in [0.1, 0.15) is 13.1 Å². The van der Waals surface area contributed by atoms with E-state index in [1.807, 2.05) is 0 Å². The Labute approximate surface area is 226 Å². The summed E-state index contributed by atoms with van der Waals surface area (Å²) in [7, 11) is 0. The van der Waals surface area contributed by atoms with Crippen LogP contribution in [0.2, 0.25) is 0 Å². The average molecular weight is 497 g/mol. The van der Waals surface area contributed by atoms with Gasteiger partial charge in [-0.25, -0.2) is 0 Å². The summed E-state index contributed by atoms with van der Waals surface area (Å²) in [6.45, 7) is 4.25. The predicted molar refractivity (Wildman–Crippen MR) is 159 cm³/mol. The second kappa shape index (κ2) is 10.0. The van der Waals surface area contributed by atoms with Crippen molar-refractivity contribution in [3.63, 3.8) is 0 Å². The van der Waals surface area contributed by atoms with Crippen LogP contribution in [0.1, 0.15) is 48.1 Å². The molecule has 0 spiro atoms. The van der Waals surface area contributed by atoms with Crippen molar-refractivity contribution in [1.82, 2.24) is 0 Å². The van der Waals surface area contributed by atoms with E-state index < -0.39 is 0 Å². The van der Waals surface area contributed by atoms with Crippen LogP contribution in [-0.2, 0) is 25.9 Å². The minimum absolute atomic E-state index is 0. The molecule has 0 saturated heterocycles. The van der Waals surface area contributed by atoms with Gasteiger partial charge in [-0.2, -0.15) is 9.13 Å². The maximum absolute atomic E-state index is 2.50. The van der Waals surface area contributed by atoms with Gasteiger partial charge in [-0.15, -0.1) is 0 Å². The summed E-state index contributed by atoms with van der Waals surface area (Å²) in [6.07, 6.45) is 13.7. The molecule has 0 fully saturated rings. The molecule has 4 heterocycles. The van der Waals surface area contributed by atoms with E-state index in [1.165, 1.54) is 67.5 Å². The van der Waals surface area contributed by atoms with E-state index in [1.54, 1.807) is 0 Å². The summed E-state index contributed by atoms with van der Waals surface area (Å²) in [5.74, 6) is 0. The highest BCUT2D eigenvalue weighted by Crippen LogP contribution is 2.41. The second-order valence-electron chi connectivity index (χ2n) is 10.6. The summed E-state index contributed by atoms with van der Waals surface area (Å²) >= 11 is 0. The van der Waals surface area contributed by atoms with E-state index >= 15 is 0 Å². The van der Waals surface area contributed by atoms with Crippen LogP contribution in [0.25, 0.3) is 45.4 Å². The Balaban J connectivity index is 0.00000264. The Morgan fingerprint density at radius 3 is 2.16 bits per heavy atom. The molecule has 2 heteroatoms. The molecule has 38 heavy (non-hydrogen) atoms. The molecule has 2 aliphatic rings. The fraction of sp³-hybridized carbons (Fsp3) is 0.222. The highest BCUT2D eigenvalue weighted by molar-refractivity contribution is 5.98. The van der Waals surface area contributed by atoms with Crippen molar-refractivity contribution in [2.24, 2.45) is 0 Å². The number of hydrogen-bond donors (Lipinski definition) is 0. The molecule has 0 bridgehead atoms. The number of pyridine rings is 2. The fourth-order valence-corrected chi connectivity index (χ4v) is 6.20. The Morgan fingerprint density at radius 1 is 0.658 bits per heavy atom. The first-order valence-electron chi connectivity index (χ1n) is 13.6. The number of hydrogen-bond acceptors (Lipinski definition) is 0. The van der Waals surface area contributed by atoms with Gasteiger partial charge in [0, 0.05) is 31.0 Å². The lowest BCUT2D eigenvalue weighted by Gasteiger charge is -2.15. The Hall–Kier alpha value is -4.04. The molecule has 0 amide bonds. The van der Waals surface area contributed by atoms with Crippen molar-refractivity contribution in [2.45, 2.75) is 53.1 Å². The summed E-state index contributed by atoms with van der Waals surface area (Å²) in [5, 5.41) is 2.67. The smallest absolute Gasteiger partial charge is 0.198 e. The van der Waals surface area contributed by atoms with Gasteiger partial charge in [-0.1, -0.05) is 79.7 Å². The first kappa shape index (κ1) is 24.3. The van der Waals surface area contributed by atoms with Crippen molar-refractivity contribution in [3.8, 4) is 22.5 Å². The number of benzene rings is 3. The highest BCUT2D eigenvalue weighted by atomic mass is 15.0.